The molecule has 0 atom stereocenters. The van der Waals surface area contributed by atoms with Crippen LogP contribution in [-0.2, 0) is 21.0 Å². The summed E-state index contributed by atoms with van der Waals surface area (Å²) < 4.78 is 67.0. The Morgan fingerprint density at radius 2 is 1.81 bits per heavy atom. The van der Waals surface area contributed by atoms with Gasteiger partial charge < -0.3 is 5.32 Å². The zero-order chi connectivity index (χ0) is 23.4. The molecule has 0 saturated heterocycles. The molecule has 2 aromatic carbocycles. The molecular formula is C19H19Cl2F3N2O3S2. The highest BCUT2D eigenvalue weighted by Crippen LogP contribution is 2.37. The van der Waals surface area contributed by atoms with Gasteiger partial charge in [0, 0.05) is 28.1 Å². The molecule has 170 valence electrons. The second kappa shape index (κ2) is 10.3. The molecule has 0 saturated carbocycles. The van der Waals surface area contributed by atoms with Crippen LogP contribution in [0.2, 0.25) is 10.0 Å². The SMILES string of the molecule is CC(C)NC(=O)CCSc1ccc(Cl)cc1NS(=O)(=O)c1ccc(Cl)c(C(F)(F)F)c1. The number of carbonyl (C=O) groups excluding carboxylic acids is 1. The molecule has 12 heteroatoms. The van der Waals surface area contributed by atoms with E-state index in [1.165, 1.54) is 17.8 Å². The lowest BCUT2D eigenvalue weighted by Crippen LogP contribution is -2.30. The van der Waals surface area contributed by atoms with E-state index in [4.69, 9.17) is 23.2 Å². The van der Waals surface area contributed by atoms with E-state index < -0.39 is 31.7 Å². The molecule has 0 aliphatic rings. The Hall–Kier alpha value is -1.62. The van der Waals surface area contributed by atoms with Crippen molar-refractivity contribution in [3.05, 3.63) is 52.0 Å². The second-order valence-corrected chi connectivity index (χ2v) is 10.4. The highest BCUT2D eigenvalue weighted by molar-refractivity contribution is 7.99. The van der Waals surface area contributed by atoms with Gasteiger partial charge in [0.25, 0.3) is 10.0 Å². The van der Waals surface area contributed by atoms with Crippen molar-refractivity contribution in [1.82, 2.24) is 5.32 Å². The Morgan fingerprint density at radius 1 is 1.13 bits per heavy atom. The fourth-order valence-electron chi connectivity index (χ4n) is 2.45. The number of thioether (sulfide) groups is 1. The van der Waals surface area contributed by atoms with Crippen LogP contribution in [0.5, 0.6) is 0 Å². The van der Waals surface area contributed by atoms with Gasteiger partial charge in [0.15, 0.2) is 0 Å². The van der Waals surface area contributed by atoms with E-state index in [1.54, 1.807) is 12.1 Å². The first kappa shape index (κ1) is 25.6. The average Bonchev–Trinajstić information content (AvgIpc) is 2.61. The van der Waals surface area contributed by atoms with Crippen LogP contribution in [0.3, 0.4) is 0 Å². The van der Waals surface area contributed by atoms with Crippen LogP contribution in [0, 0.1) is 0 Å². The van der Waals surface area contributed by atoms with Crippen LogP contribution >= 0.6 is 35.0 Å². The fourth-order valence-corrected chi connectivity index (χ4v) is 4.94. The van der Waals surface area contributed by atoms with Crippen molar-refractivity contribution in [2.45, 2.75) is 42.3 Å². The molecule has 0 unspecified atom stereocenters. The van der Waals surface area contributed by atoms with Gasteiger partial charge in [-0.05, 0) is 50.2 Å². The monoisotopic (exact) mass is 514 g/mol. The van der Waals surface area contributed by atoms with Crippen molar-refractivity contribution in [2.75, 3.05) is 10.5 Å². The maximum absolute atomic E-state index is 13.1. The normalized spacial score (nSPS) is 12.1. The number of halogens is 5. The third-order valence-electron chi connectivity index (χ3n) is 3.78. The van der Waals surface area contributed by atoms with Crippen molar-refractivity contribution in [3.63, 3.8) is 0 Å². The molecule has 0 fully saturated rings. The fraction of sp³-hybridized carbons (Fsp3) is 0.316. The molecule has 2 N–H and O–H groups in total. The van der Waals surface area contributed by atoms with Gasteiger partial charge in [-0.25, -0.2) is 8.42 Å². The lowest BCUT2D eigenvalue weighted by Gasteiger charge is -2.15. The highest BCUT2D eigenvalue weighted by Gasteiger charge is 2.34. The Balaban J connectivity index is 2.25. The predicted octanol–water partition coefficient (Wildman–Crippen LogP) is 5.82. The number of hydrogen-bond donors (Lipinski definition) is 2. The molecule has 0 radical (unpaired) electrons. The number of benzene rings is 2. The van der Waals surface area contributed by atoms with Gasteiger partial charge in [-0.1, -0.05) is 23.2 Å². The van der Waals surface area contributed by atoms with Gasteiger partial charge in [0.2, 0.25) is 5.91 Å². The molecule has 0 aromatic heterocycles. The van der Waals surface area contributed by atoms with Crippen LogP contribution < -0.4 is 10.0 Å². The molecular weight excluding hydrogens is 496 g/mol. The topological polar surface area (TPSA) is 75.3 Å². The zero-order valence-electron chi connectivity index (χ0n) is 16.4. The van der Waals surface area contributed by atoms with E-state index in [9.17, 15) is 26.4 Å². The molecule has 0 aliphatic carbocycles. The zero-order valence-corrected chi connectivity index (χ0v) is 19.5. The predicted molar refractivity (Wildman–Crippen MR) is 117 cm³/mol. The largest absolute Gasteiger partial charge is 0.417 e. The van der Waals surface area contributed by atoms with Crippen LogP contribution in [0.1, 0.15) is 25.8 Å². The summed E-state index contributed by atoms with van der Waals surface area (Å²) >= 11 is 12.7. The first-order chi connectivity index (χ1) is 14.3. The number of hydrogen-bond acceptors (Lipinski definition) is 4. The minimum Gasteiger partial charge on any atom is -0.354 e. The summed E-state index contributed by atoms with van der Waals surface area (Å²) in [7, 11) is -4.37. The molecule has 31 heavy (non-hydrogen) atoms. The smallest absolute Gasteiger partial charge is 0.354 e. The quantitative estimate of drug-likeness (QED) is 0.435. The van der Waals surface area contributed by atoms with Gasteiger partial charge in [0.05, 0.1) is 21.2 Å². The molecule has 0 spiro atoms. The highest BCUT2D eigenvalue weighted by atomic mass is 35.5. The summed E-state index contributed by atoms with van der Waals surface area (Å²) in [6.45, 7) is 3.66. The number of sulfonamides is 1. The lowest BCUT2D eigenvalue weighted by atomic mass is 10.2. The molecule has 2 aromatic rings. The van der Waals surface area contributed by atoms with E-state index in [2.05, 4.69) is 10.0 Å². The van der Waals surface area contributed by atoms with Crippen molar-refractivity contribution in [3.8, 4) is 0 Å². The summed E-state index contributed by atoms with van der Waals surface area (Å²) in [5.74, 6) is 0.202. The number of rotatable bonds is 8. The van der Waals surface area contributed by atoms with Gasteiger partial charge in [-0.15, -0.1) is 11.8 Å². The number of alkyl halides is 3. The molecule has 0 aliphatic heterocycles. The van der Waals surface area contributed by atoms with Gasteiger partial charge in [-0.2, -0.15) is 13.2 Å². The number of nitrogens with one attached hydrogen (secondary N) is 2. The Bertz CT molecular complexity index is 1060. The maximum Gasteiger partial charge on any atom is 0.417 e. The summed E-state index contributed by atoms with van der Waals surface area (Å²) in [5, 5.41) is 2.37. The van der Waals surface area contributed by atoms with Gasteiger partial charge >= 0.3 is 6.18 Å². The average molecular weight is 515 g/mol. The van der Waals surface area contributed by atoms with Crippen LogP contribution in [-0.4, -0.2) is 26.1 Å². The minimum absolute atomic E-state index is 0.00336. The third-order valence-corrected chi connectivity index (χ3v) is 6.78. The van der Waals surface area contributed by atoms with Gasteiger partial charge in [-0.3, -0.25) is 9.52 Å². The molecule has 0 heterocycles. The van der Waals surface area contributed by atoms with E-state index in [0.29, 0.717) is 16.7 Å². The van der Waals surface area contributed by atoms with Crippen molar-refractivity contribution in [1.29, 1.82) is 0 Å². The Morgan fingerprint density at radius 3 is 2.42 bits per heavy atom. The first-order valence-corrected chi connectivity index (χ1v) is 12.1. The number of amides is 1. The minimum atomic E-state index is -4.81. The summed E-state index contributed by atoms with van der Waals surface area (Å²) in [5.41, 5.74) is -1.17. The van der Waals surface area contributed by atoms with Crippen LogP contribution in [0.4, 0.5) is 18.9 Å². The van der Waals surface area contributed by atoms with Crippen LogP contribution in [0.15, 0.2) is 46.2 Å². The molecule has 0 bridgehead atoms. The summed E-state index contributed by atoms with van der Waals surface area (Å²) in [6.07, 6.45) is -4.61. The first-order valence-electron chi connectivity index (χ1n) is 8.91. The Labute approximate surface area is 192 Å². The van der Waals surface area contributed by atoms with Crippen LogP contribution in [0.25, 0.3) is 0 Å². The second-order valence-electron chi connectivity index (χ2n) is 6.71. The maximum atomic E-state index is 13.1. The van der Waals surface area contributed by atoms with Crippen molar-refractivity contribution < 1.29 is 26.4 Å². The van der Waals surface area contributed by atoms with E-state index in [0.717, 1.165) is 12.1 Å². The number of carbonyl (C=O) groups is 1. The van der Waals surface area contributed by atoms with E-state index in [-0.39, 0.29) is 29.1 Å². The number of anilines is 1. The van der Waals surface area contributed by atoms with Gasteiger partial charge in [0.1, 0.15) is 0 Å². The third kappa shape index (κ3) is 7.48. The van der Waals surface area contributed by atoms with Crippen molar-refractivity contribution in [2.24, 2.45) is 0 Å². The van der Waals surface area contributed by atoms with E-state index in [1.807, 2.05) is 13.8 Å². The summed E-state index contributed by atoms with van der Waals surface area (Å²) in [6, 6.07) is 6.77. The van der Waals surface area contributed by atoms with E-state index >= 15 is 0 Å². The Kier molecular flexibility index (Phi) is 8.54. The standard InChI is InChI=1S/C19H19Cl2F3N2O3S2/c1-11(2)25-18(27)7-8-30-17-6-3-12(20)9-16(17)26-31(28,29)13-4-5-15(21)14(10-13)19(22,23)24/h3-6,9-11,26H,7-8H2,1-2H3,(H,25,27). The molecule has 2 rings (SSSR count). The molecule has 1 amide bonds. The molecule has 5 nitrogen and oxygen atoms in total. The lowest BCUT2D eigenvalue weighted by molar-refractivity contribution is -0.137. The van der Waals surface area contributed by atoms with Crippen molar-refractivity contribution >= 4 is 56.6 Å². The summed E-state index contributed by atoms with van der Waals surface area (Å²) in [4.78, 5) is 11.6.